The molecule has 6 nitrogen and oxygen atoms in total. The molecule has 0 amide bonds. The average Bonchev–Trinajstić information content (AvgIpc) is 2.54. The highest BCUT2D eigenvalue weighted by molar-refractivity contribution is 7.89. The predicted molar refractivity (Wildman–Crippen MR) is 89.8 cm³/mol. The molecule has 0 radical (unpaired) electrons. The van der Waals surface area contributed by atoms with E-state index in [1.165, 1.54) is 14.2 Å². The van der Waals surface area contributed by atoms with Crippen LogP contribution in [0.1, 0.15) is 19.4 Å². The summed E-state index contributed by atoms with van der Waals surface area (Å²) in [5.41, 5.74) is 0.661. The maximum absolute atomic E-state index is 13.0. The van der Waals surface area contributed by atoms with Gasteiger partial charge in [0.1, 0.15) is 0 Å². The molecule has 1 aliphatic heterocycles. The lowest BCUT2D eigenvalue weighted by molar-refractivity contribution is 0.154. The molecule has 0 bridgehead atoms. The Hall–Kier alpha value is -1.31. The third-order valence-electron chi connectivity index (χ3n) is 4.30. The fraction of sp³-hybridized carbons (Fsp3) is 0.625. The predicted octanol–water partition coefficient (Wildman–Crippen LogP) is 1.73. The Morgan fingerprint density at radius 1 is 1.00 bits per heavy atom. The SMILES string of the molecule is COc1cc(C)c(S(=O)(=O)N2CCN(C(C)C)CC2)cc1OC. The number of rotatable bonds is 5. The fourth-order valence-corrected chi connectivity index (χ4v) is 4.48. The molecule has 23 heavy (non-hydrogen) atoms. The summed E-state index contributed by atoms with van der Waals surface area (Å²) in [7, 11) is -0.485. The number of nitrogens with zero attached hydrogens (tertiary/aromatic N) is 2. The van der Waals surface area contributed by atoms with Crippen LogP contribution in [0.5, 0.6) is 11.5 Å². The number of hydrogen-bond donors (Lipinski definition) is 0. The normalized spacial score (nSPS) is 17.5. The van der Waals surface area contributed by atoms with Crippen molar-refractivity contribution in [3.8, 4) is 11.5 Å². The van der Waals surface area contributed by atoms with E-state index in [9.17, 15) is 8.42 Å². The molecule has 1 heterocycles. The highest BCUT2D eigenvalue weighted by atomic mass is 32.2. The van der Waals surface area contributed by atoms with Crippen LogP contribution in [0.15, 0.2) is 17.0 Å². The maximum Gasteiger partial charge on any atom is 0.243 e. The van der Waals surface area contributed by atoms with Gasteiger partial charge in [-0.15, -0.1) is 0 Å². The Morgan fingerprint density at radius 2 is 1.52 bits per heavy atom. The molecule has 130 valence electrons. The van der Waals surface area contributed by atoms with Crippen LogP contribution in [-0.2, 0) is 10.0 Å². The summed E-state index contributed by atoms with van der Waals surface area (Å²) in [5, 5.41) is 0. The Bertz CT molecular complexity index is 650. The second-order valence-electron chi connectivity index (χ2n) is 6.01. The maximum atomic E-state index is 13.0. The molecular formula is C16H26N2O4S. The van der Waals surface area contributed by atoms with E-state index in [-0.39, 0.29) is 4.90 Å². The van der Waals surface area contributed by atoms with Gasteiger partial charge in [0.25, 0.3) is 0 Å². The second kappa shape index (κ2) is 7.07. The van der Waals surface area contributed by atoms with Gasteiger partial charge >= 0.3 is 0 Å². The largest absolute Gasteiger partial charge is 0.493 e. The average molecular weight is 342 g/mol. The zero-order valence-electron chi connectivity index (χ0n) is 14.5. The van der Waals surface area contributed by atoms with Crippen LogP contribution in [0.2, 0.25) is 0 Å². The van der Waals surface area contributed by atoms with E-state index < -0.39 is 10.0 Å². The Balaban J connectivity index is 2.30. The van der Waals surface area contributed by atoms with Crippen molar-refractivity contribution in [2.75, 3.05) is 40.4 Å². The fourth-order valence-electron chi connectivity index (χ4n) is 2.84. The van der Waals surface area contributed by atoms with Crippen LogP contribution in [0.3, 0.4) is 0 Å². The Morgan fingerprint density at radius 3 is 2.00 bits per heavy atom. The minimum absolute atomic E-state index is 0.285. The van der Waals surface area contributed by atoms with E-state index >= 15 is 0 Å². The summed E-state index contributed by atoms with van der Waals surface area (Å²) in [6.45, 7) is 8.56. The smallest absolute Gasteiger partial charge is 0.243 e. The molecule has 0 atom stereocenters. The van der Waals surface area contributed by atoms with Crippen molar-refractivity contribution < 1.29 is 17.9 Å². The first-order valence-corrected chi connectivity index (χ1v) is 9.22. The van der Waals surface area contributed by atoms with Gasteiger partial charge in [0, 0.05) is 38.3 Å². The van der Waals surface area contributed by atoms with Crippen LogP contribution >= 0.6 is 0 Å². The van der Waals surface area contributed by atoms with Crippen LogP contribution in [-0.4, -0.2) is 64.1 Å². The number of methoxy groups -OCH3 is 2. The van der Waals surface area contributed by atoms with Gasteiger partial charge in [-0.3, -0.25) is 4.90 Å². The summed E-state index contributed by atoms with van der Waals surface area (Å²) in [5.74, 6) is 0.964. The van der Waals surface area contributed by atoms with Gasteiger partial charge in [0.2, 0.25) is 10.0 Å². The van der Waals surface area contributed by atoms with E-state index in [0.29, 0.717) is 36.2 Å². The minimum Gasteiger partial charge on any atom is -0.493 e. The van der Waals surface area contributed by atoms with Gasteiger partial charge in [0.05, 0.1) is 19.1 Å². The number of benzene rings is 1. The number of ether oxygens (including phenoxy) is 2. The minimum atomic E-state index is -3.53. The lowest BCUT2D eigenvalue weighted by Crippen LogP contribution is -2.50. The first kappa shape index (κ1) is 18.0. The molecule has 7 heteroatoms. The molecule has 1 aliphatic rings. The quantitative estimate of drug-likeness (QED) is 0.815. The van der Waals surface area contributed by atoms with Crippen molar-refractivity contribution in [1.82, 2.24) is 9.21 Å². The molecule has 2 rings (SSSR count). The molecule has 1 aromatic rings. The van der Waals surface area contributed by atoms with Crippen molar-refractivity contribution in [3.05, 3.63) is 17.7 Å². The third kappa shape index (κ3) is 3.62. The monoisotopic (exact) mass is 342 g/mol. The lowest BCUT2D eigenvalue weighted by Gasteiger charge is -2.36. The van der Waals surface area contributed by atoms with Crippen molar-refractivity contribution in [3.63, 3.8) is 0 Å². The number of sulfonamides is 1. The van der Waals surface area contributed by atoms with Crippen LogP contribution in [0.4, 0.5) is 0 Å². The number of hydrogen-bond acceptors (Lipinski definition) is 5. The summed E-state index contributed by atoms with van der Waals surface area (Å²) in [6.07, 6.45) is 0. The van der Waals surface area contributed by atoms with Gasteiger partial charge in [-0.1, -0.05) is 0 Å². The molecule has 0 unspecified atom stereocenters. The molecule has 1 aromatic carbocycles. The van der Waals surface area contributed by atoms with E-state index in [4.69, 9.17) is 9.47 Å². The number of aryl methyl sites for hydroxylation is 1. The van der Waals surface area contributed by atoms with Gasteiger partial charge < -0.3 is 9.47 Å². The molecule has 0 spiro atoms. The van der Waals surface area contributed by atoms with Gasteiger partial charge in [-0.25, -0.2) is 8.42 Å². The van der Waals surface area contributed by atoms with E-state index in [1.807, 2.05) is 0 Å². The van der Waals surface area contributed by atoms with Crippen molar-refractivity contribution in [2.45, 2.75) is 31.7 Å². The molecule has 0 saturated carbocycles. The summed E-state index contributed by atoms with van der Waals surface area (Å²) in [6, 6.07) is 3.69. The zero-order valence-corrected chi connectivity index (χ0v) is 15.3. The standard InChI is InChI=1S/C16H26N2O4S/c1-12(2)17-6-8-18(9-7-17)23(19,20)16-11-15(22-5)14(21-4)10-13(16)3/h10-12H,6-9H2,1-5H3. The molecule has 0 N–H and O–H groups in total. The van der Waals surface area contributed by atoms with E-state index in [2.05, 4.69) is 18.7 Å². The van der Waals surface area contributed by atoms with Crippen LogP contribution in [0.25, 0.3) is 0 Å². The van der Waals surface area contributed by atoms with Crippen molar-refractivity contribution in [2.24, 2.45) is 0 Å². The highest BCUT2D eigenvalue weighted by Gasteiger charge is 2.31. The van der Waals surface area contributed by atoms with Crippen molar-refractivity contribution in [1.29, 1.82) is 0 Å². The summed E-state index contributed by atoms with van der Waals surface area (Å²) >= 11 is 0. The molecule has 1 fully saturated rings. The molecular weight excluding hydrogens is 316 g/mol. The number of piperazine rings is 1. The van der Waals surface area contributed by atoms with E-state index in [1.54, 1.807) is 23.4 Å². The van der Waals surface area contributed by atoms with Crippen LogP contribution < -0.4 is 9.47 Å². The molecule has 1 saturated heterocycles. The topological polar surface area (TPSA) is 59.1 Å². The third-order valence-corrected chi connectivity index (χ3v) is 6.34. The van der Waals surface area contributed by atoms with Gasteiger partial charge in [-0.05, 0) is 32.4 Å². The second-order valence-corrected chi connectivity index (χ2v) is 7.91. The Kier molecular flexibility index (Phi) is 5.54. The molecule has 0 aliphatic carbocycles. The highest BCUT2D eigenvalue weighted by Crippen LogP contribution is 2.33. The molecule has 0 aromatic heterocycles. The lowest BCUT2D eigenvalue weighted by atomic mass is 10.2. The Labute approximate surface area is 139 Å². The summed E-state index contributed by atoms with van der Waals surface area (Å²) < 4.78 is 38.0. The summed E-state index contributed by atoms with van der Waals surface area (Å²) in [4.78, 5) is 2.57. The van der Waals surface area contributed by atoms with Crippen LogP contribution in [0, 0.1) is 6.92 Å². The van der Waals surface area contributed by atoms with E-state index in [0.717, 1.165) is 13.1 Å². The van der Waals surface area contributed by atoms with Crippen molar-refractivity contribution >= 4 is 10.0 Å². The van der Waals surface area contributed by atoms with Gasteiger partial charge in [-0.2, -0.15) is 4.31 Å². The first-order valence-electron chi connectivity index (χ1n) is 7.78. The first-order chi connectivity index (χ1) is 10.8. The van der Waals surface area contributed by atoms with Gasteiger partial charge in [0.15, 0.2) is 11.5 Å². The zero-order chi connectivity index (χ0) is 17.2.